The highest BCUT2D eigenvalue weighted by atomic mass is 19.4. The molecule has 2 N–H and O–H groups in total. The second-order valence-corrected chi connectivity index (χ2v) is 4.34. The van der Waals surface area contributed by atoms with E-state index in [0.29, 0.717) is 13.1 Å². The summed E-state index contributed by atoms with van der Waals surface area (Å²) in [5, 5.41) is 12.6. The maximum absolute atomic E-state index is 12.7. The number of alkyl halides is 3. The number of rotatable bonds is 2. The first-order valence-corrected chi connectivity index (χ1v) is 5.52. The highest BCUT2D eigenvalue weighted by Crippen LogP contribution is 2.33. The van der Waals surface area contributed by atoms with Crippen LogP contribution in [0.15, 0.2) is 24.3 Å². The summed E-state index contributed by atoms with van der Waals surface area (Å²) in [5.74, 6) is -0.140. The van der Waals surface area contributed by atoms with Crippen LogP contribution in [-0.2, 0) is 12.6 Å². The molecule has 2 nitrogen and oxygen atoms in total. The monoisotopic (exact) mass is 245 g/mol. The number of aliphatic hydroxyl groups is 1. The van der Waals surface area contributed by atoms with Gasteiger partial charge in [-0.25, -0.2) is 0 Å². The molecule has 1 aromatic carbocycles. The fraction of sp³-hybridized carbons (Fsp3) is 0.500. The van der Waals surface area contributed by atoms with Crippen molar-refractivity contribution in [2.45, 2.75) is 18.7 Å². The Kier molecular flexibility index (Phi) is 3.40. The Morgan fingerprint density at radius 2 is 1.94 bits per heavy atom. The van der Waals surface area contributed by atoms with Gasteiger partial charge >= 0.3 is 6.18 Å². The molecule has 0 spiro atoms. The van der Waals surface area contributed by atoms with E-state index in [1.807, 2.05) is 0 Å². The first kappa shape index (κ1) is 12.4. The van der Waals surface area contributed by atoms with Gasteiger partial charge in [0.25, 0.3) is 0 Å². The molecule has 1 aliphatic rings. The summed E-state index contributed by atoms with van der Waals surface area (Å²) in [4.78, 5) is 0. The normalized spacial score (nSPS) is 25.2. The molecular formula is C12H14F3NO. The number of β-amino-alcohol motifs (C(OH)–C–C–N with tert-alkyl or cyclic N) is 1. The van der Waals surface area contributed by atoms with Gasteiger partial charge < -0.3 is 10.4 Å². The van der Waals surface area contributed by atoms with E-state index >= 15 is 0 Å². The third kappa shape index (κ3) is 2.79. The van der Waals surface area contributed by atoms with Crippen LogP contribution in [0.2, 0.25) is 0 Å². The predicted octanol–water partition coefficient (Wildman–Crippen LogP) is 1.83. The van der Waals surface area contributed by atoms with Gasteiger partial charge in [-0.3, -0.25) is 0 Å². The van der Waals surface area contributed by atoms with Crippen LogP contribution in [0.3, 0.4) is 0 Å². The molecule has 1 saturated heterocycles. The maximum atomic E-state index is 12.7. The molecule has 2 atom stereocenters. The lowest BCUT2D eigenvalue weighted by Crippen LogP contribution is -2.21. The van der Waals surface area contributed by atoms with E-state index in [0.717, 1.165) is 6.07 Å². The fourth-order valence-corrected chi connectivity index (χ4v) is 2.18. The van der Waals surface area contributed by atoms with Crippen molar-refractivity contribution in [1.82, 2.24) is 5.32 Å². The molecule has 1 heterocycles. The molecule has 2 unspecified atom stereocenters. The molecule has 5 heteroatoms. The molecule has 0 amide bonds. The quantitative estimate of drug-likeness (QED) is 0.833. The summed E-state index contributed by atoms with van der Waals surface area (Å²) in [6.45, 7) is 1.02. The number of nitrogens with one attached hydrogen (secondary N) is 1. The van der Waals surface area contributed by atoms with Gasteiger partial charge in [-0.2, -0.15) is 13.2 Å². The van der Waals surface area contributed by atoms with Gasteiger partial charge in [0.05, 0.1) is 11.7 Å². The van der Waals surface area contributed by atoms with Gasteiger partial charge in [-0.1, -0.05) is 18.2 Å². The molecule has 94 valence electrons. The van der Waals surface area contributed by atoms with Gasteiger partial charge in [0, 0.05) is 19.0 Å². The van der Waals surface area contributed by atoms with Gasteiger partial charge in [0.2, 0.25) is 0 Å². The van der Waals surface area contributed by atoms with E-state index in [9.17, 15) is 18.3 Å². The van der Waals surface area contributed by atoms with Crippen molar-refractivity contribution in [1.29, 1.82) is 0 Å². The summed E-state index contributed by atoms with van der Waals surface area (Å²) in [7, 11) is 0. The fourth-order valence-electron chi connectivity index (χ4n) is 2.18. The van der Waals surface area contributed by atoms with E-state index in [2.05, 4.69) is 5.32 Å². The number of benzene rings is 1. The van der Waals surface area contributed by atoms with Crippen molar-refractivity contribution >= 4 is 0 Å². The van der Waals surface area contributed by atoms with E-state index in [4.69, 9.17) is 0 Å². The Hall–Kier alpha value is -1.07. The number of halogens is 3. The number of hydrogen-bond acceptors (Lipinski definition) is 2. The Labute approximate surface area is 97.5 Å². The van der Waals surface area contributed by atoms with Crippen molar-refractivity contribution in [2.75, 3.05) is 13.1 Å². The summed E-state index contributed by atoms with van der Waals surface area (Å²) >= 11 is 0. The lowest BCUT2D eigenvalue weighted by Gasteiger charge is -2.17. The Morgan fingerprint density at radius 3 is 2.53 bits per heavy atom. The van der Waals surface area contributed by atoms with E-state index < -0.39 is 17.8 Å². The zero-order chi connectivity index (χ0) is 12.5. The standard InChI is InChI=1S/C12H14F3NO/c13-12(14,15)10-4-2-1-3-8(10)5-9-6-16-7-11(9)17/h1-4,9,11,16-17H,5-7H2. The first-order chi connectivity index (χ1) is 7.98. The molecule has 0 saturated carbocycles. The average Bonchev–Trinajstić information content (AvgIpc) is 2.64. The summed E-state index contributed by atoms with van der Waals surface area (Å²) < 4.78 is 38.2. The Morgan fingerprint density at radius 1 is 1.24 bits per heavy atom. The first-order valence-electron chi connectivity index (χ1n) is 5.52. The van der Waals surface area contributed by atoms with Crippen LogP contribution in [0.1, 0.15) is 11.1 Å². The third-order valence-corrected chi connectivity index (χ3v) is 3.11. The average molecular weight is 245 g/mol. The molecule has 17 heavy (non-hydrogen) atoms. The van der Waals surface area contributed by atoms with Crippen molar-refractivity contribution < 1.29 is 18.3 Å². The van der Waals surface area contributed by atoms with Gasteiger partial charge in [0.1, 0.15) is 0 Å². The van der Waals surface area contributed by atoms with Crippen LogP contribution in [-0.4, -0.2) is 24.3 Å². The van der Waals surface area contributed by atoms with E-state index in [-0.39, 0.29) is 17.9 Å². The lowest BCUT2D eigenvalue weighted by molar-refractivity contribution is -0.138. The van der Waals surface area contributed by atoms with Crippen LogP contribution < -0.4 is 5.32 Å². The highest BCUT2D eigenvalue weighted by Gasteiger charge is 2.34. The van der Waals surface area contributed by atoms with Gasteiger partial charge in [-0.05, 0) is 18.1 Å². The molecule has 0 aromatic heterocycles. The zero-order valence-electron chi connectivity index (χ0n) is 9.17. The van der Waals surface area contributed by atoms with Crippen molar-refractivity contribution in [3.05, 3.63) is 35.4 Å². The predicted molar refractivity (Wildman–Crippen MR) is 57.5 cm³/mol. The minimum atomic E-state index is -4.33. The smallest absolute Gasteiger partial charge is 0.391 e. The second kappa shape index (κ2) is 4.66. The molecule has 2 rings (SSSR count). The van der Waals surface area contributed by atoms with E-state index in [1.54, 1.807) is 6.07 Å². The highest BCUT2D eigenvalue weighted by molar-refractivity contribution is 5.30. The van der Waals surface area contributed by atoms with E-state index in [1.165, 1.54) is 12.1 Å². The largest absolute Gasteiger partial charge is 0.416 e. The number of aliphatic hydroxyl groups excluding tert-OH is 1. The zero-order valence-corrected chi connectivity index (χ0v) is 9.17. The lowest BCUT2D eigenvalue weighted by atomic mass is 9.93. The number of hydrogen-bond donors (Lipinski definition) is 2. The van der Waals surface area contributed by atoms with Crippen LogP contribution in [0.4, 0.5) is 13.2 Å². The third-order valence-electron chi connectivity index (χ3n) is 3.11. The van der Waals surface area contributed by atoms with Crippen LogP contribution in [0.5, 0.6) is 0 Å². The van der Waals surface area contributed by atoms with Gasteiger partial charge in [-0.15, -0.1) is 0 Å². The summed E-state index contributed by atoms with van der Waals surface area (Å²) in [5.41, 5.74) is -0.341. The van der Waals surface area contributed by atoms with Crippen molar-refractivity contribution in [2.24, 2.45) is 5.92 Å². The SMILES string of the molecule is OC1CNCC1Cc1ccccc1C(F)(F)F. The topological polar surface area (TPSA) is 32.3 Å². The maximum Gasteiger partial charge on any atom is 0.416 e. The summed E-state index contributed by atoms with van der Waals surface area (Å²) in [6.07, 6.45) is -4.63. The Balaban J connectivity index is 2.21. The van der Waals surface area contributed by atoms with Crippen molar-refractivity contribution in [3.8, 4) is 0 Å². The molecule has 0 aliphatic carbocycles. The second-order valence-electron chi connectivity index (χ2n) is 4.34. The van der Waals surface area contributed by atoms with Crippen LogP contribution >= 0.6 is 0 Å². The van der Waals surface area contributed by atoms with Crippen LogP contribution in [0, 0.1) is 5.92 Å². The van der Waals surface area contributed by atoms with Gasteiger partial charge in [0.15, 0.2) is 0 Å². The van der Waals surface area contributed by atoms with Crippen molar-refractivity contribution in [3.63, 3.8) is 0 Å². The molecular weight excluding hydrogens is 231 g/mol. The minimum absolute atomic E-state index is 0.140. The molecule has 0 bridgehead atoms. The Bertz CT molecular complexity index is 392. The molecule has 1 aliphatic heterocycles. The minimum Gasteiger partial charge on any atom is -0.391 e. The molecule has 1 fully saturated rings. The van der Waals surface area contributed by atoms with Crippen LogP contribution in [0.25, 0.3) is 0 Å². The molecule has 0 radical (unpaired) electrons. The molecule has 1 aromatic rings. The summed E-state index contributed by atoms with van der Waals surface area (Å²) in [6, 6.07) is 5.55.